The zero-order valence-corrected chi connectivity index (χ0v) is 16.0. The number of amides is 3. The molecule has 3 heterocycles. The lowest BCUT2D eigenvalue weighted by Crippen LogP contribution is -2.52. The highest BCUT2D eigenvalue weighted by Gasteiger charge is 2.56. The van der Waals surface area contributed by atoms with Crippen molar-refractivity contribution in [2.24, 2.45) is 0 Å². The maximum atomic E-state index is 13.4. The quantitative estimate of drug-likeness (QED) is 0.656. The van der Waals surface area contributed by atoms with E-state index < -0.39 is 29.5 Å². The fraction of sp³-hybridized carbons (Fsp3) is 0.227. The van der Waals surface area contributed by atoms with Crippen LogP contribution in [0.4, 0.5) is 10.5 Å². The Hall–Kier alpha value is -3.61. The molecule has 146 valence electrons. The van der Waals surface area contributed by atoms with E-state index in [1.165, 1.54) is 12.1 Å². The largest absolute Gasteiger partial charge is 0.478 e. The molecule has 29 heavy (non-hydrogen) atoms. The summed E-state index contributed by atoms with van der Waals surface area (Å²) in [6.07, 6.45) is 0.388. The van der Waals surface area contributed by atoms with Crippen molar-refractivity contribution in [1.82, 2.24) is 9.88 Å². The first-order valence-corrected chi connectivity index (χ1v) is 9.42. The smallest absolute Gasteiger partial charge is 0.337 e. The van der Waals surface area contributed by atoms with Gasteiger partial charge in [-0.2, -0.15) is 0 Å². The molecule has 1 saturated heterocycles. The molecule has 0 aliphatic carbocycles. The molecule has 2 aliphatic heterocycles. The van der Waals surface area contributed by atoms with Crippen molar-refractivity contribution in [3.8, 4) is 0 Å². The van der Waals surface area contributed by atoms with Crippen molar-refractivity contribution < 1.29 is 19.5 Å². The number of benzene rings is 2. The summed E-state index contributed by atoms with van der Waals surface area (Å²) >= 11 is 0. The van der Waals surface area contributed by atoms with E-state index in [0.29, 0.717) is 6.42 Å². The van der Waals surface area contributed by atoms with Gasteiger partial charge in [0.05, 0.1) is 16.8 Å². The van der Waals surface area contributed by atoms with Crippen molar-refractivity contribution >= 4 is 34.5 Å². The monoisotopic (exact) mass is 389 g/mol. The number of H-pyrrole nitrogens is 1. The summed E-state index contributed by atoms with van der Waals surface area (Å²) in [5, 5.41) is 10.6. The number of hydrogen-bond acceptors (Lipinski definition) is 3. The van der Waals surface area contributed by atoms with Crippen molar-refractivity contribution in [2.45, 2.75) is 31.8 Å². The number of anilines is 1. The van der Waals surface area contributed by atoms with Crippen LogP contribution in [0.5, 0.6) is 0 Å². The van der Waals surface area contributed by atoms with Crippen molar-refractivity contribution in [2.75, 3.05) is 4.90 Å². The van der Waals surface area contributed by atoms with E-state index in [-0.39, 0.29) is 11.3 Å². The predicted molar refractivity (Wildman–Crippen MR) is 107 cm³/mol. The number of carboxylic acid groups (broad SMARTS) is 1. The highest BCUT2D eigenvalue weighted by molar-refractivity contribution is 6.23. The number of carbonyl (C=O) groups is 3. The Bertz CT molecular complexity index is 1210. The van der Waals surface area contributed by atoms with E-state index in [9.17, 15) is 19.5 Å². The lowest BCUT2D eigenvalue weighted by Gasteiger charge is -2.42. The first-order valence-electron chi connectivity index (χ1n) is 9.42. The molecule has 3 amide bonds. The molecule has 2 aliphatic rings. The van der Waals surface area contributed by atoms with Gasteiger partial charge in [-0.25, -0.2) is 14.5 Å². The molecule has 5 rings (SSSR count). The summed E-state index contributed by atoms with van der Waals surface area (Å²) in [7, 11) is 0. The molecule has 0 radical (unpaired) electrons. The first kappa shape index (κ1) is 17.5. The van der Waals surface area contributed by atoms with Crippen LogP contribution >= 0.6 is 0 Å². The molecular weight excluding hydrogens is 370 g/mol. The van der Waals surface area contributed by atoms with Crippen LogP contribution in [0.1, 0.15) is 35.5 Å². The Morgan fingerprint density at radius 1 is 1.10 bits per heavy atom. The van der Waals surface area contributed by atoms with Crippen LogP contribution in [0.25, 0.3) is 10.9 Å². The number of para-hydroxylation sites is 2. The van der Waals surface area contributed by atoms with Crippen LogP contribution in [-0.2, 0) is 16.8 Å². The number of fused-ring (bicyclic) bond motifs is 4. The van der Waals surface area contributed by atoms with E-state index in [1.54, 1.807) is 17.0 Å². The Morgan fingerprint density at radius 3 is 2.55 bits per heavy atom. The summed E-state index contributed by atoms with van der Waals surface area (Å²) in [4.78, 5) is 44.4. The maximum absolute atomic E-state index is 13.4. The van der Waals surface area contributed by atoms with Gasteiger partial charge in [0.1, 0.15) is 6.04 Å². The van der Waals surface area contributed by atoms with E-state index in [0.717, 1.165) is 27.1 Å². The van der Waals surface area contributed by atoms with E-state index in [4.69, 9.17) is 0 Å². The molecule has 0 saturated carbocycles. The number of aromatic amines is 1. The van der Waals surface area contributed by atoms with Gasteiger partial charge in [-0.05, 0) is 37.6 Å². The van der Waals surface area contributed by atoms with Crippen LogP contribution < -0.4 is 4.90 Å². The van der Waals surface area contributed by atoms with Crippen LogP contribution in [0.3, 0.4) is 0 Å². The number of aromatic nitrogens is 1. The van der Waals surface area contributed by atoms with Gasteiger partial charge in [0.2, 0.25) is 0 Å². The van der Waals surface area contributed by atoms with Gasteiger partial charge >= 0.3 is 12.0 Å². The van der Waals surface area contributed by atoms with Gasteiger partial charge < -0.3 is 15.0 Å². The van der Waals surface area contributed by atoms with Crippen LogP contribution in [0.2, 0.25) is 0 Å². The zero-order chi connectivity index (χ0) is 20.5. The minimum atomic E-state index is -1.18. The fourth-order valence-corrected chi connectivity index (χ4v) is 4.72. The topological polar surface area (TPSA) is 93.7 Å². The van der Waals surface area contributed by atoms with Crippen molar-refractivity contribution in [3.63, 3.8) is 0 Å². The first-order chi connectivity index (χ1) is 13.8. The molecule has 7 nitrogen and oxygen atoms in total. The lowest BCUT2D eigenvalue weighted by molar-refractivity contribution is -0.121. The van der Waals surface area contributed by atoms with Crippen LogP contribution in [0, 0.1) is 0 Å². The molecule has 2 aromatic carbocycles. The molecule has 0 unspecified atom stereocenters. The number of hydrogen-bond donors (Lipinski definition) is 2. The number of urea groups is 1. The number of carboxylic acids is 1. The van der Waals surface area contributed by atoms with Crippen molar-refractivity contribution in [3.05, 3.63) is 65.4 Å². The summed E-state index contributed by atoms with van der Waals surface area (Å²) in [5.74, 6) is -1.57. The Labute approximate surface area is 166 Å². The second-order valence-electron chi connectivity index (χ2n) is 7.95. The minimum absolute atomic E-state index is 0.0733. The molecule has 1 fully saturated rings. The lowest BCUT2D eigenvalue weighted by atomic mass is 9.85. The normalized spacial score (nSPS) is 20.1. The molecule has 1 atom stereocenters. The molecule has 1 aromatic heterocycles. The predicted octanol–water partition coefficient (Wildman–Crippen LogP) is 3.49. The standard InChI is InChI=1S/C22H19N3O4/c1-22(2)18-14(12-7-3-5-9-15(12)23-18)11-17-19(26)24(21(29)25(17)22)16-10-6-4-8-13(16)20(27)28/h3-10,17,23H,11H2,1-2H3,(H,27,28)/t17-/m0/s1. The van der Waals surface area contributed by atoms with Crippen LogP contribution in [-0.4, -0.2) is 38.9 Å². The van der Waals surface area contributed by atoms with Crippen LogP contribution in [0.15, 0.2) is 48.5 Å². The number of nitrogens with zero attached hydrogens (tertiary/aromatic N) is 2. The second kappa shape index (κ2) is 5.70. The summed E-state index contributed by atoms with van der Waals surface area (Å²) in [5.41, 5.74) is 2.19. The third-order valence-corrected chi connectivity index (χ3v) is 6.02. The number of aromatic carboxylic acids is 1. The van der Waals surface area contributed by atoms with E-state index in [1.807, 2.05) is 38.1 Å². The molecule has 0 bridgehead atoms. The summed E-state index contributed by atoms with van der Waals surface area (Å²) < 4.78 is 0. The number of rotatable bonds is 2. The minimum Gasteiger partial charge on any atom is -0.478 e. The fourth-order valence-electron chi connectivity index (χ4n) is 4.72. The van der Waals surface area contributed by atoms with Gasteiger partial charge in [0.25, 0.3) is 5.91 Å². The third-order valence-electron chi connectivity index (χ3n) is 6.02. The summed E-state index contributed by atoms with van der Waals surface area (Å²) in [6.45, 7) is 3.82. The molecule has 2 N–H and O–H groups in total. The molecule has 0 spiro atoms. The van der Waals surface area contributed by atoms with Gasteiger partial charge in [0.15, 0.2) is 0 Å². The third kappa shape index (κ3) is 2.21. The average molecular weight is 389 g/mol. The van der Waals surface area contributed by atoms with Gasteiger partial charge in [-0.15, -0.1) is 0 Å². The molecule has 7 heteroatoms. The highest BCUT2D eigenvalue weighted by Crippen LogP contribution is 2.45. The number of carbonyl (C=O) groups excluding carboxylic acids is 2. The molecular formula is C22H19N3O4. The number of nitrogens with one attached hydrogen (secondary N) is 1. The SMILES string of the molecule is CC1(C)c2[nH]c3ccccc3c2C[C@H]2C(=O)N(c3ccccc3C(=O)O)C(=O)N21. The summed E-state index contributed by atoms with van der Waals surface area (Å²) in [6, 6.07) is 12.8. The second-order valence-corrected chi connectivity index (χ2v) is 7.95. The average Bonchev–Trinajstić information content (AvgIpc) is 3.19. The van der Waals surface area contributed by atoms with Gasteiger partial charge in [0, 0.05) is 23.0 Å². The van der Waals surface area contributed by atoms with Gasteiger partial charge in [-0.3, -0.25) is 4.79 Å². The van der Waals surface area contributed by atoms with Gasteiger partial charge in [-0.1, -0.05) is 30.3 Å². The molecule has 3 aromatic rings. The van der Waals surface area contributed by atoms with E-state index >= 15 is 0 Å². The number of imide groups is 1. The highest BCUT2D eigenvalue weighted by atomic mass is 16.4. The van der Waals surface area contributed by atoms with Crippen molar-refractivity contribution in [1.29, 1.82) is 0 Å². The Morgan fingerprint density at radius 2 is 1.79 bits per heavy atom. The Balaban J connectivity index is 1.66. The van der Waals surface area contributed by atoms with E-state index in [2.05, 4.69) is 4.98 Å². The maximum Gasteiger partial charge on any atom is 0.337 e. The zero-order valence-electron chi connectivity index (χ0n) is 16.0. The Kier molecular flexibility index (Phi) is 3.44.